The second-order valence-electron chi connectivity index (χ2n) is 8.27. The number of oxime groups is 1. The van der Waals surface area contributed by atoms with E-state index in [4.69, 9.17) is 14.7 Å². The molecule has 13 heteroatoms. The molecule has 1 saturated heterocycles. The quantitative estimate of drug-likeness (QED) is 0.227. The van der Waals surface area contributed by atoms with Crippen LogP contribution >= 0.6 is 11.3 Å². The number of aliphatic hydroxyl groups excluding tert-OH is 1. The van der Waals surface area contributed by atoms with Gasteiger partial charge in [0.1, 0.15) is 22.8 Å². The number of ether oxygens (including phenoxy) is 1. The monoisotopic (exact) mass is 533 g/mol. The largest absolute Gasteiger partial charge is 0.396 e. The van der Waals surface area contributed by atoms with Crippen LogP contribution in [0.3, 0.4) is 0 Å². The van der Waals surface area contributed by atoms with E-state index in [2.05, 4.69) is 20.4 Å². The van der Waals surface area contributed by atoms with Crippen molar-refractivity contribution in [3.63, 3.8) is 0 Å². The molecule has 192 valence electrons. The van der Waals surface area contributed by atoms with E-state index in [0.717, 1.165) is 5.82 Å². The summed E-state index contributed by atoms with van der Waals surface area (Å²) in [7, 11) is 0.227. The molecule has 0 bridgehead atoms. The Morgan fingerprint density at radius 3 is 2.69 bits per heavy atom. The van der Waals surface area contributed by atoms with E-state index >= 15 is 0 Å². The summed E-state index contributed by atoms with van der Waals surface area (Å²) in [5.41, 5.74) is 0.957. The molecule has 1 amide bonds. The molecular weight excluding hydrogens is 506 g/mol. The topological polar surface area (TPSA) is 143 Å². The van der Waals surface area contributed by atoms with Gasteiger partial charge >= 0.3 is 0 Å². The second-order valence-corrected chi connectivity index (χ2v) is 11.5. The Bertz CT molecular complexity index is 1350. The average Bonchev–Trinajstić information content (AvgIpc) is 3.54. The normalized spacial score (nSPS) is 16.3. The number of aliphatic hydroxyl groups is 1. The second kappa shape index (κ2) is 11.3. The van der Waals surface area contributed by atoms with Crippen molar-refractivity contribution in [3.8, 4) is 0 Å². The minimum absolute atomic E-state index is 0.0534. The third-order valence-corrected chi connectivity index (χ3v) is 8.53. The van der Waals surface area contributed by atoms with Gasteiger partial charge in [0.25, 0.3) is 5.91 Å². The molecule has 0 saturated carbocycles. The zero-order valence-electron chi connectivity index (χ0n) is 19.9. The van der Waals surface area contributed by atoms with E-state index in [1.54, 1.807) is 0 Å². The summed E-state index contributed by atoms with van der Waals surface area (Å²) in [5, 5.41) is 15.4. The van der Waals surface area contributed by atoms with Crippen molar-refractivity contribution in [2.24, 2.45) is 5.16 Å². The predicted octanol–water partition coefficient (Wildman–Crippen LogP) is 2.06. The zero-order chi connectivity index (χ0) is 25.7. The van der Waals surface area contributed by atoms with Crippen LogP contribution in [0.15, 0.2) is 46.4 Å². The van der Waals surface area contributed by atoms with Crippen LogP contribution < -0.4 is 10.2 Å². The predicted molar refractivity (Wildman–Crippen MR) is 137 cm³/mol. The Hall–Kier alpha value is -3.13. The summed E-state index contributed by atoms with van der Waals surface area (Å²) in [6.07, 6.45) is 0.793. The smallest absolute Gasteiger partial charge is 0.280 e. The van der Waals surface area contributed by atoms with E-state index in [1.807, 2.05) is 31.1 Å². The molecular formula is C23H27N5O6S2. The molecule has 0 aliphatic carbocycles. The van der Waals surface area contributed by atoms with Crippen LogP contribution in [0.4, 0.5) is 10.9 Å². The highest BCUT2D eigenvalue weighted by atomic mass is 32.2. The lowest BCUT2D eigenvalue weighted by Crippen LogP contribution is -2.25. The third kappa shape index (κ3) is 5.81. The van der Waals surface area contributed by atoms with Crippen LogP contribution in [0.5, 0.6) is 0 Å². The fourth-order valence-electron chi connectivity index (χ4n) is 3.48. The Balaban J connectivity index is 1.57. The number of carbonyl (C=O) groups is 1. The van der Waals surface area contributed by atoms with Gasteiger partial charge in [-0.1, -0.05) is 28.6 Å². The molecule has 1 atom stereocenters. The Labute approximate surface area is 212 Å². The summed E-state index contributed by atoms with van der Waals surface area (Å²) in [6, 6.07) is 9.58. The molecule has 0 unspecified atom stereocenters. The van der Waals surface area contributed by atoms with Crippen molar-refractivity contribution in [1.29, 1.82) is 0 Å². The van der Waals surface area contributed by atoms with E-state index in [0.29, 0.717) is 40.5 Å². The fourth-order valence-corrected chi connectivity index (χ4v) is 5.89. The number of anilines is 2. The van der Waals surface area contributed by atoms with E-state index in [1.165, 1.54) is 35.6 Å². The molecule has 0 radical (unpaired) electrons. The highest BCUT2D eigenvalue weighted by molar-refractivity contribution is 7.92. The maximum Gasteiger partial charge on any atom is 0.280 e. The van der Waals surface area contributed by atoms with E-state index in [9.17, 15) is 13.2 Å². The van der Waals surface area contributed by atoms with Crippen LogP contribution in [0, 0.1) is 0 Å². The van der Waals surface area contributed by atoms with Crippen molar-refractivity contribution < 1.29 is 27.9 Å². The molecule has 11 nitrogen and oxygen atoms in total. The van der Waals surface area contributed by atoms with Gasteiger partial charge in [0, 0.05) is 39.3 Å². The van der Waals surface area contributed by atoms with Gasteiger partial charge in [0.2, 0.25) is 0 Å². The maximum absolute atomic E-state index is 13.2. The van der Waals surface area contributed by atoms with Gasteiger partial charge in [-0.05, 0) is 30.7 Å². The lowest BCUT2D eigenvalue weighted by Gasteiger charge is -2.11. The van der Waals surface area contributed by atoms with Crippen molar-refractivity contribution in [3.05, 3.63) is 42.0 Å². The lowest BCUT2D eigenvalue weighted by molar-refractivity contribution is -0.110. The summed E-state index contributed by atoms with van der Waals surface area (Å²) in [6.45, 7) is 0.620. The van der Waals surface area contributed by atoms with E-state index in [-0.39, 0.29) is 30.4 Å². The van der Waals surface area contributed by atoms with Crippen molar-refractivity contribution in [2.45, 2.75) is 23.0 Å². The number of hydrogen-bond acceptors (Lipinski definition) is 11. The maximum atomic E-state index is 13.2. The number of amides is 1. The van der Waals surface area contributed by atoms with Crippen LogP contribution in [0.1, 0.15) is 18.4 Å². The molecule has 1 aromatic carbocycles. The van der Waals surface area contributed by atoms with Gasteiger partial charge in [-0.15, -0.1) is 0 Å². The zero-order valence-corrected chi connectivity index (χ0v) is 21.5. The number of nitrogens with one attached hydrogen (secondary N) is 1. The molecule has 1 aliphatic rings. The number of sulfone groups is 1. The highest BCUT2D eigenvalue weighted by Gasteiger charge is 2.31. The van der Waals surface area contributed by atoms with Gasteiger partial charge in [-0.2, -0.15) is 0 Å². The van der Waals surface area contributed by atoms with Crippen LogP contribution in [0.25, 0.3) is 10.3 Å². The average molecular weight is 534 g/mol. The number of rotatable bonds is 10. The number of thiazole rings is 1. The number of carbonyl (C=O) groups excluding carboxylic acids is 1. The number of aromatic nitrogens is 2. The third-order valence-electron chi connectivity index (χ3n) is 5.47. The molecule has 1 aliphatic heterocycles. The number of hydrogen-bond donors (Lipinski definition) is 2. The first kappa shape index (κ1) is 25.9. The molecule has 3 aromatic rings. The molecule has 4 rings (SSSR count). The molecule has 0 spiro atoms. The molecule has 1 fully saturated rings. The number of pyridine rings is 1. The lowest BCUT2D eigenvalue weighted by atomic mass is 10.1. The minimum atomic E-state index is -3.54. The van der Waals surface area contributed by atoms with Gasteiger partial charge in [0.05, 0.1) is 16.8 Å². The van der Waals surface area contributed by atoms with E-state index < -0.39 is 21.0 Å². The molecule has 3 heterocycles. The first-order chi connectivity index (χ1) is 17.3. The highest BCUT2D eigenvalue weighted by Crippen LogP contribution is 2.27. The van der Waals surface area contributed by atoms with Crippen LogP contribution in [-0.4, -0.2) is 80.9 Å². The van der Waals surface area contributed by atoms with Gasteiger partial charge in [-0.25, -0.2) is 18.4 Å². The van der Waals surface area contributed by atoms with Crippen molar-refractivity contribution in [2.75, 3.05) is 50.7 Å². The number of benzene rings is 1. The Morgan fingerprint density at radius 1 is 1.25 bits per heavy atom. The van der Waals surface area contributed by atoms with Gasteiger partial charge in [0.15, 0.2) is 20.7 Å². The van der Waals surface area contributed by atoms with Gasteiger partial charge in [-0.3, -0.25) is 10.1 Å². The Morgan fingerprint density at radius 2 is 2.03 bits per heavy atom. The fraction of sp³-hybridized carbons (Fsp3) is 0.391. The summed E-state index contributed by atoms with van der Waals surface area (Å²) in [4.78, 5) is 30.0. The minimum Gasteiger partial charge on any atom is -0.396 e. The number of nitrogens with zero attached hydrogens (tertiary/aromatic N) is 4. The summed E-state index contributed by atoms with van der Waals surface area (Å²) in [5.74, 6) is 0.188. The first-order valence-electron chi connectivity index (χ1n) is 11.3. The van der Waals surface area contributed by atoms with Crippen LogP contribution in [-0.2, 0) is 24.2 Å². The first-order valence-corrected chi connectivity index (χ1v) is 13.6. The molecule has 2 N–H and O–H groups in total. The SMILES string of the molecule is CN(C)c1ccc2nc(NC(=O)C(=NOCCCO)c3ccc(S(=O)(=O)[C@H]4CCOC4)cc3)sc2n1. The van der Waals surface area contributed by atoms with Crippen LogP contribution in [0.2, 0.25) is 0 Å². The molecule has 2 aromatic heterocycles. The summed E-state index contributed by atoms with van der Waals surface area (Å²) < 4.78 is 30.9. The standard InChI is InChI=1S/C23H27N5O6S2/c1-28(2)19-9-8-18-22(25-19)35-23(24-18)26-21(30)20(27-34-12-3-11-29)15-4-6-16(7-5-15)36(31,32)17-10-13-33-14-17/h4-9,17,29H,3,10-14H2,1-2H3,(H,24,26,30)/t17-/m0/s1. The Kier molecular flexibility index (Phi) is 8.14. The number of fused-ring (bicyclic) bond motifs is 1. The van der Waals surface area contributed by atoms with Gasteiger partial charge < -0.3 is 19.6 Å². The van der Waals surface area contributed by atoms with Crippen molar-refractivity contribution >= 4 is 54.1 Å². The van der Waals surface area contributed by atoms with Crippen molar-refractivity contribution in [1.82, 2.24) is 9.97 Å². The molecule has 36 heavy (non-hydrogen) atoms. The summed E-state index contributed by atoms with van der Waals surface area (Å²) >= 11 is 1.22.